The predicted molar refractivity (Wildman–Crippen MR) is 70.8 cm³/mol. The van der Waals surface area contributed by atoms with E-state index in [-0.39, 0.29) is 5.69 Å². The summed E-state index contributed by atoms with van der Waals surface area (Å²) in [6, 6.07) is 1.58. The number of esters is 1. The average molecular weight is 284 g/mol. The molecule has 2 N–H and O–H groups in total. The van der Waals surface area contributed by atoms with E-state index in [1.54, 1.807) is 33.9 Å². The van der Waals surface area contributed by atoms with Crippen molar-refractivity contribution in [1.29, 1.82) is 0 Å². The number of nitrogens with zero attached hydrogens (tertiary/aromatic N) is 2. The maximum Gasteiger partial charge on any atom is 0.422 e. The molecule has 0 unspecified atom stereocenters. The van der Waals surface area contributed by atoms with Gasteiger partial charge in [-0.1, -0.05) is 0 Å². The quantitative estimate of drug-likeness (QED) is 0.625. The number of ether oxygens (including phenoxy) is 2. The normalized spacial score (nSPS) is 11.1. The molecule has 1 aromatic rings. The summed E-state index contributed by atoms with van der Waals surface area (Å²) in [7, 11) is 2.98. The fraction of sp³-hybridized carbons (Fsp3) is 0.583. The zero-order valence-corrected chi connectivity index (χ0v) is 12.3. The molecule has 0 aromatic carbocycles. The Labute approximate surface area is 117 Å². The molecule has 0 saturated carbocycles. The zero-order valence-electron chi connectivity index (χ0n) is 12.3. The monoisotopic (exact) mass is 284 g/mol. The Kier molecular flexibility index (Phi) is 5.09. The highest BCUT2D eigenvalue weighted by molar-refractivity contribution is 5.87. The van der Waals surface area contributed by atoms with Gasteiger partial charge in [-0.05, 0) is 26.8 Å². The summed E-state index contributed by atoms with van der Waals surface area (Å²) in [5, 5.41) is 4.00. The summed E-state index contributed by atoms with van der Waals surface area (Å²) >= 11 is 0. The van der Waals surface area contributed by atoms with Crippen LogP contribution in [0.15, 0.2) is 6.07 Å². The summed E-state index contributed by atoms with van der Waals surface area (Å²) in [6.07, 6.45) is -0.576. The van der Waals surface area contributed by atoms with E-state index < -0.39 is 17.7 Å². The Morgan fingerprint density at radius 1 is 1.40 bits per heavy atom. The molecule has 112 valence electrons. The molecule has 0 aliphatic carbocycles. The van der Waals surface area contributed by atoms with Crippen LogP contribution in [0.2, 0.25) is 0 Å². The average Bonchev–Trinajstić information content (AvgIpc) is 2.68. The number of hydrazine groups is 1. The molecule has 1 rings (SSSR count). The van der Waals surface area contributed by atoms with E-state index in [9.17, 15) is 9.59 Å². The Morgan fingerprint density at radius 3 is 2.60 bits per heavy atom. The lowest BCUT2D eigenvalue weighted by molar-refractivity contribution is 0.0495. The van der Waals surface area contributed by atoms with E-state index in [2.05, 4.69) is 20.7 Å². The van der Waals surface area contributed by atoms with Crippen LogP contribution in [0, 0.1) is 0 Å². The second kappa shape index (κ2) is 6.38. The van der Waals surface area contributed by atoms with Gasteiger partial charge >= 0.3 is 12.1 Å². The lowest BCUT2D eigenvalue weighted by Gasteiger charge is -2.19. The molecule has 0 bridgehead atoms. The number of amides is 1. The van der Waals surface area contributed by atoms with Gasteiger partial charge in [0.1, 0.15) is 5.60 Å². The number of carbonyl (C=O) groups excluding carboxylic acids is 2. The van der Waals surface area contributed by atoms with Crippen molar-refractivity contribution < 1.29 is 19.1 Å². The van der Waals surface area contributed by atoms with Gasteiger partial charge < -0.3 is 9.47 Å². The highest BCUT2D eigenvalue weighted by atomic mass is 16.6. The van der Waals surface area contributed by atoms with E-state index in [0.717, 1.165) is 0 Å². The first-order valence-corrected chi connectivity index (χ1v) is 6.06. The van der Waals surface area contributed by atoms with Crippen molar-refractivity contribution in [2.75, 3.05) is 7.11 Å². The van der Waals surface area contributed by atoms with Gasteiger partial charge in [-0.3, -0.25) is 10.1 Å². The van der Waals surface area contributed by atoms with Gasteiger partial charge in [0, 0.05) is 7.05 Å². The summed E-state index contributed by atoms with van der Waals surface area (Å²) in [6.45, 7) is 5.61. The molecule has 0 atom stereocenters. The van der Waals surface area contributed by atoms with Crippen molar-refractivity contribution in [1.82, 2.24) is 20.6 Å². The first-order chi connectivity index (χ1) is 9.23. The SMILES string of the molecule is COC(=O)c1cc(CNNC(=O)OC(C)(C)C)n(C)n1. The smallest absolute Gasteiger partial charge is 0.422 e. The molecular weight excluding hydrogens is 264 g/mol. The zero-order chi connectivity index (χ0) is 15.3. The minimum atomic E-state index is -0.576. The third-order valence-electron chi connectivity index (χ3n) is 2.23. The van der Waals surface area contributed by atoms with Crippen molar-refractivity contribution >= 4 is 12.1 Å². The lowest BCUT2D eigenvalue weighted by Crippen LogP contribution is -2.41. The highest BCUT2D eigenvalue weighted by Gasteiger charge is 2.16. The maximum absolute atomic E-state index is 11.4. The Balaban J connectivity index is 2.48. The minimum Gasteiger partial charge on any atom is -0.464 e. The number of methoxy groups -OCH3 is 1. The standard InChI is InChI=1S/C12H20N4O4/c1-12(2,3)20-11(18)14-13-7-8-6-9(10(17)19-5)15-16(8)4/h6,13H,7H2,1-5H3,(H,14,18). The Hall–Kier alpha value is -2.09. The van der Waals surface area contributed by atoms with Gasteiger partial charge in [0.2, 0.25) is 0 Å². The first kappa shape index (κ1) is 16.0. The van der Waals surface area contributed by atoms with Crippen molar-refractivity contribution in [2.45, 2.75) is 32.9 Å². The fourth-order valence-corrected chi connectivity index (χ4v) is 1.39. The van der Waals surface area contributed by atoms with Crippen LogP contribution in [-0.2, 0) is 23.1 Å². The van der Waals surface area contributed by atoms with Crippen LogP contribution in [0.4, 0.5) is 4.79 Å². The summed E-state index contributed by atoms with van der Waals surface area (Å²) in [5.41, 5.74) is 5.46. The van der Waals surface area contributed by atoms with Gasteiger partial charge in [-0.25, -0.2) is 15.0 Å². The molecule has 0 spiro atoms. The van der Waals surface area contributed by atoms with Crippen molar-refractivity contribution in [3.8, 4) is 0 Å². The Bertz CT molecular complexity index is 490. The number of hydrogen-bond acceptors (Lipinski definition) is 6. The molecule has 20 heavy (non-hydrogen) atoms. The van der Waals surface area contributed by atoms with Crippen LogP contribution in [0.25, 0.3) is 0 Å². The summed E-state index contributed by atoms with van der Waals surface area (Å²) in [5.74, 6) is -0.507. The van der Waals surface area contributed by atoms with E-state index >= 15 is 0 Å². The first-order valence-electron chi connectivity index (χ1n) is 6.06. The van der Waals surface area contributed by atoms with Crippen molar-refractivity contribution in [3.63, 3.8) is 0 Å². The van der Waals surface area contributed by atoms with Crippen LogP contribution in [0.3, 0.4) is 0 Å². The highest BCUT2D eigenvalue weighted by Crippen LogP contribution is 2.06. The molecule has 0 radical (unpaired) electrons. The number of rotatable bonds is 4. The summed E-state index contributed by atoms with van der Waals surface area (Å²) in [4.78, 5) is 22.7. The molecule has 8 heteroatoms. The molecule has 1 heterocycles. The number of aromatic nitrogens is 2. The van der Waals surface area contributed by atoms with Gasteiger partial charge in [0.25, 0.3) is 0 Å². The van der Waals surface area contributed by atoms with Gasteiger partial charge in [-0.2, -0.15) is 5.10 Å². The largest absolute Gasteiger partial charge is 0.464 e. The van der Waals surface area contributed by atoms with Gasteiger partial charge in [0.15, 0.2) is 5.69 Å². The molecule has 0 aliphatic heterocycles. The topological polar surface area (TPSA) is 94.5 Å². The molecule has 0 fully saturated rings. The second-order valence-corrected chi connectivity index (χ2v) is 5.12. The molecule has 0 saturated heterocycles. The molecule has 8 nitrogen and oxygen atoms in total. The predicted octanol–water partition coefficient (Wildman–Crippen LogP) is 0.736. The number of nitrogens with one attached hydrogen (secondary N) is 2. The Morgan fingerprint density at radius 2 is 2.05 bits per heavy atom. The molecule has 1 aromatic heterocycles. The number of hydrogen-bond donors (Lipinski definition) is 2. The van der Waals surface area contributed by atoms with E-state index in [1.165, 1.54) is 11.8 Å². The second-order valence-electron chi connectivity index (χ2n) is 5.12. The van der Waals surface area contributed by atoms with Gasteiger partial charge in [-0.15, -0.1) is 0 Å². The molecule has 0 aliphatic rings. The molecular formula is C12H20N4O4. The molecule has 1 amide bonds. The third-order valence-corrected chi connectivity index (χ3v) is 2.23. The minimum absolute atomic E-state index is 0.212. The van der Waals surface area contributed by atoms with Crippen LogP contribution < -0.4 is 10.9 Å². The van der Waals surface area contributed by atoms with Gasteiger partial charge in [0.05, 0.1) is 19.3 Å². The van der Waals surface area contributed by atoms with Crippen molar-refractivity contribution in [2.24, 2.45) is 7.05 Å². The van der Waals surface area contributed by atoms with Crippen LogP contribution in [0.5, 0.6) is 0 Å². The van der Waals surface area contributed by atoms with E-state index in [1.807, 2.05) is 0 Å². The number of carbonyl (C=O) groups is 2. The lowest BCUT2D eigenvalue weighted by atomic mass is 10.2. The van der Waals surface area contributed by atoms with Crippen molar-refractivity contribution in [3.05, 3.63) is 17.5 Å². The van der Waals surface area contributed by atoms with Crippen LogP contribution in [0.1, 0.15) is 37.0 Å². The maximum atomic E-state index is 11.4. The van der Waals surface area contributed by atoms with Crippen LogP contribution >= 0.6 is 0 Å². The van der Waals surface area contributed by atoms with E-state index in [0.29, 0.717) is 12.2 Å². The van der Waals surface area contributed by atoms with Crippen LogP contribution in [-0.4, -0.2) is 34.6 Å². The van der Waals surface area contributed by atoms with E-state index in [4.69, 9.17) is 4.74 Å². The fourth-order valence-electron chi connectivity index (χ4n) is 1.39. The third kappa shape index (κ3) is 4.88. The number of aryl methyl sites for hydroxylation is 1. The summed E-state index contributed by atoms with van der Waals surface area (Å²) < 4.78 is 11.2.